The van der Waals surface area contributed by atoms with Crippen LogP contribution >= 0.6 is 0 Å². The van der Waals surface area contributed by atoms with Gasteiger partial charge in [0.15, 0.2) is 0 Å². The van der Waals surface area contributed by atoms with E-state index in [2.05, 4.69) is 74.4 Å². The Kier molecular flexibility index (Phi) is 6.04. The molecule has 2 aromatic rings. The number of terminal acetylenes is 1. The number of nitrogens with one attached hydrogen (secondary N) is 1. The smallest absolute Gasteiger partial charge is 0.0358 e. The molecule has 0 fully saturated rings. The summed E-state index contributed by atoms with van der Waals surface area (Å²) in [6.45, 7) is 10.3. The van der Waals surface area contributed by atoms with Crippen LogP contribution in [0, 0.1) is 24.7 Å². The van der Waals surface area contributed by atoms with Gasteiger partial charge in [0.05, 0.1) is 0 Å². The summed E-state index contributed by atoms with van der Waals surface area (Å²) < 4.78 is 0. The summed E-state index contributed by atoms with van der Waals surface area (Å²) in [5.74, 6) is 3.01. The normalized spacial score (nSPS) is 16.6. The highest BCUT2D eigenvalue weighted by atomic mass is 14.4. The Bertz CT molecular complexity index is 1100. The average molecular weight is 380 g/mol. The Morgan fingerprint density at radius 1 is 1.07 bits per heavy atom. The highest BCUT2D eigenvalue weighted by Gasteiger charge is 2.33. The maximum absolute atomic E-state index is 8.38. The minimum absolute atomic E-state index is 0.178. The molecule has 0 radical (unpaired) electrons. The molecular formula is C28H29N. The predicted molar refractivity (Wildman–Crippen MR) is 126 cm³/mol. The van der Waals surface area contributed by atoms with E-state index in [1.165, 1.54) is 39.0 Å². The standard InChI is InChI=1S/C28H29N/c1-7-12-22(18(3)8-2)17-26-27(23-14-10-9-13-19(23)4)20(5)24-15-11-16-25(21(6)29)28(24)26/h2,7,9-16,26,29H,17H2,1,3-6H3/b12-7-,22-18+,29-21?/t26-/m0/s1. The van der Waals surface area contributed by atoms with Gasteiger partial charge in [-0.05, 0) is 85.6 Å². The first-order valence-corrected chi connectivity index (χ1v) is 10.1. The molecule has 3 rings (SSSR count). The van der Waals surface area contributed by atoms with Gasteiger partial charge in [-0.15, -0.1) is 6.42 Å². The Morgan fingerprint density at radius 2 is 1.76 bits per heavy atom. The van der Waals surface area contributed by atoms with Crippen LogP contribution in [0.2, 0.25) is 0 Å². The molecule has 0 aromatic heterocycles. The van der Waals surface area contributed by atoms with E-state index in [1.807, 2.05) is 20.8 Å². The van der Waals surface area contributed by atoms with Gasteiger partial charge in [0.2, 0.25) is 0 Å². The van der Waals surface area contributed by atoms with Crippen molar-refractivity contribution >= 4 is 16.9 Å². The summed E-state index contributed by atoms with van der Waals surface area (Å²) in [6, 6.07) is 14.9. The lowest BCUT2D eigenvalue weighted by molar-refractivity contribution is 0.860. The van der Waals surface area contributed by atoms with E-state index >= 15 is 0 Å². The number of hydrogen-bond acceptors (Lipinski definition) is 1. The van der Waals surface area contributed by atoms with E-state index in [9.17, 15) is 0 Å². The molecule has 0 unspecified atom stereocenters. The monoisotopic (exact) mass is 379 g/mol. The van der Waals surface area contributed by atoms with Gasteiger partial charge in [0, 0.05) is 17.2 Å². The molecule has 1 heteroatoms. The minimum Gasteiger partial charge on any atom is -0.305 e. The number of benzene rings is 2. The lowest BCUT2D eigenvalue weighted by Gasteiger charge is -2.22. The van der Waals surface area contributed by atoms with Crippen LogP contribution in [0.4, 0.5) is 0 Å². The quantitative estimate of drug-likeness (QED) is 0.319. The number of rotatable bonds is 5. The van der Waals surface area contributed by atoms with E-state index in [-0.39, 0.29) is 5.92 Å². The van der Waals surface area contributed by atoms with Crippen molar-refractivity contribution in [3.63, 3.8) is 0 Å². The first-order valence-electron chi connectivity index (χ1n) is 10.1. The zero-order valence-electron chi connectivity index (χ0n) is 18.1. The molecule has 0 saturated heterocycles. The van der Waals surface area contributed by atoms with Crippen LogP contribution in [0.5, 0.6) is 0 Å². The van der Waals surface area contributed by atoms with Gasteiger partial charge in [-0.3, -0.25) is 0 Å². The zero-order valence-corrected chi connectivity index (χ0v) is 18.1. The van der Waals surface area contributed by atoms with E-state index < -0.39 is 0 Å². The zero-order chi connectivity index (χ0) is 21.1. The van der Waals surface area contributed by atoms with Crippen LogP contribution in [0.15, 0.2) is 65.8 Å². The molecule has 0 aliphatic heterocycles. The lowest BCUT2D eigenvalue weighted by atomic mass is 9.81. The van der Waals surface area contributed by atoms with E-state index in [0.29, 0.717) is 5.71 Å². The lowest BCUT2D eigenvalue weighted by Crippen LogP contribution is -2.08. The van der Waals surface area contributed by atoms with Crippen LogP contribution in [0.1, 0.15) is 67.9 Å². The molecular weight excluding hydrogens is 350 g/mol. The molecule has 2 aromatic carbocycles. The van der Waals surface area contributed by atoms with Crippen LogP contribution in [-0.4, -0.2) is 5.71 Å². The molecule has 0 saturated carbocycles. The molecule has 1 aliphatic rings. The third-order valence-corrected chi connectivity index (χ3v) is 5.94. The third-order valence-electron chi connectivity index (χ3n) is 5.94. The summed E-state index contributed by atoms with van der Waals surface area (Å²) in [7, 11) is 0. The number of fused-ring (bicyclic) bond motifs is 1. The van der Waals surface area contributed by atoms with Gasteiger partial charge in [-0.1, -0.05) is 60.5 Å². The van der Waals surface area contributed by atoms with Crippen LogP contribution in [-0.2, 0) is 0 Å². The van der Waals surface area contributed by atoms with Crippen LogP contribution < -0.4 is 0 Å². The largest absolute Gasteiger partial charge is 0.305 e. The van der Waals surface area contributed by atoms with Crippen molar-refractivity contribution in [2.24, 2.45) is 0 Å². The highest BCUT2D eigenvalue weighted by Crippen LogP contribution is 2.51. The molecule has 29 heavy (non-hydrogen) atoms. The predicted octanol–water partition coefficient (Wildman–Crippen LogP) is 7.33. The molecule has 1 nitrogen and oxygen atoms in total. The summed E-state index contributed by atoms with van der Waals surface area (Å²) in [5.41, 5.74) is 11.6. The highest BCUT2D eigenvalue weighted by molar-refractivity contribution is 6.06. The van der Waals surface area contributed by atoms with Gasteiger partial charge in [-0.25, -0.2) is 0 Å². The van der Waals surface area contributed by atoms with Gasteiger partial charge in [-0.2, -0.15) is 0 Å². The van der Waals surface area contributed by atoms with Crippen molar-refractivity contribution in [2.75, 3.05) is 0 Å². The summed E-state index contributed by atoms with van der Waals surface area (Å²) in [6.07, 6.45) is 10.8. The summed E-state index contributed by atoms with van der Waals surface area (Å²) >= 11 is 0. The number of hydrogen-bond donors (Lipinski definition) is 1. The van der Waals surface area contributed by atoms with Gasteiger partial charge in [0.25, 0.3) is 0 Å². The fourth-order valence-electron chi connectivity index (χ4n) is 4.47. The van der Waals surface area contributed by atoms with E-state index in [0.717, 1.165) is 17.6 Å². The molecule has 1 atom stereocenters. The van der Waals surface area contributed by atoms with Crippen molar-refractivity contribution in [2.45, 2.75) is 47.0 Å². The van der Waals surface area contributed by atoms with Crippen molar-refractivity contribution in [3.8, 4) is 12.3 Å². The molecule has 146 valence electrons. The van der Waals surface area contributed by atoms with E-state index in [1.54, 1.807) is 0 Å². The van der Waals surface area contributed by atoms with E-state index in [4.69, 9.17) is 11.8 Å². The fraction of sp³-hybridized carbons (Fsp3) is 0.250. The number of aryl methyl sites for hydroxylation is 1. The second kappa shape index (κ2) is 8.50. The summed E-state index contributed by atoms with van der Waals surface area (Å²) in [5, 5.41) is 8.38. The minimum atomic E-state index is 0.178. The topological polar surface area (TPSA) is 23.9 Å². The Morgan fingerprint density at radius 3 is 2.38 bits per heavy atom. The average Bonchev–Trinajstić information content (AvgIpc) is 2.99. The molecule has 1 aliphatic carbocycles. The SMILES string of the molecule is C#C/C(C)=C(\C=C/C)C[C@H]1C(c2ccccc2C)=C(C)c2cccc(C(C)=N)c21. The van der Waals surface area contributed by atoms with Crippen LogP contribution in [0.3, 0.4) is 0 Å². The molecule has 0 bridgehead atoms. The number of allylic oxidation sites excluding steroid dienone is 6. The van der Waals surface area contributed by atoms with Crippen molar-refractivity contribution < 1.29 is 0 Å². The molecule has 0 spiro atoms. The van der Waals surface area contributed by atoms with Gasteiger partial charge >= 0.3 is 0 Å². The Labute approximate surface area is 175 Å². The molecule has 0 amide bonds. The molecule has 0 heterocycles. The second-order valence-corrected chi connectivity index (χ2v) is 7.80. The third kappa shape index (κ3) is 3.76. The van der Waals surface area contributed by atoms with Gasteiger partial charge in [0.1, 0.15) is 0 Å². The van der Waals surface area contributed by atoms with Crippen molar-refractivity contribution in [3.05, 3.63) is 93.6 Å². The van der Waals surface area contributed by atoms with Crippen molar-refractivity contribution in [1.82, 2.24) is 0 Å². The molecule has 1 N–H and O–H groups in total. The maximum Gasteiger partial charge on any atom is 0.0358 e. The first-order chi connectivity index (χ1) is 13.9. The maximum atomic E-state index is 8.38. The van der Waals surface area contributed by atoms with Crippen molar-refractivity contribution in [1.29, 1.82) is 5.41 Å². The Balaban J connectivity index is 2.29. The second-order valence-electron chi connectivity index (χ2n) is 7.80. The Hall–Kier alpha value is -3.11. The first kappa shape index (κ1) is 20.6. The fourth-order valence-corrected chi connectivity index (χ4v) is 4.47. The summed E-state index contributed by atoms with van der Waals surface area (Å²) in [4.78, 5) is 0. The van der Waals surface area contributed by atoms with Gasteiger partial charge < -0.3 is 5.41 Å². The van der Waals surface area contributed by atoms with Crippen LogP contribution in [0.25, 0.3) is 11.1 Å².